The van der Waals surface area contributed by atoms with E-state index in [-0.39, 0.29) is 24.4 Å². The first-order chi connectivity index (χ1) is 16.2. The summed E-state index contributed by atoms with van der Waals surface area (Å²) in [6, 6.07) is 19.7. The number of piperidine rings is 1. The number of hydrogen-bond acceptors (Lipinski definition) is 6. The number of thiazole rings is 1. The van der Waals surface area contributed by atoms with Crippen LogP contribution < -0.4 is 4.74 Å². The highest BCUT2D eigenvalue weighted by Crippen LogP contribution is 2.21. The van der Waals surface area contributed by atoms with Crippen LogP contribution in [-0.2, 0) is 27.4 Å². The second-order valence-electron chi connectivity index (χ2n) is 8.07. The summed E-state index contributed by atoms with van der Waals surface area (Å²) in [6.07, 6.45) is 2.36. The van der Waals surface area contributed by atoms with Crippen molar-refractivity contribution in [3.8, 4) is 5.75 Å². The van der Waals surface area contributed by atoms with Crippen LogP contribution in [0.5, 0.6) is 5.75 Å². The highest BCUT2D eigenvalue weighted by molar-refractivity contribution is 7.09. The van der Waals surface area contributed by atoms with Gasteiger partial charge in [-0.1, -0.05) is 48.5 Å². The number of carbonyl (C=O) groups excluding carboxylic acids is 2. The van der Waals surface area contributed by atoms with Crippen molar-refractivity contribution in [1.29, 1.82) is 0 Å². The zero-order valence-corrected chi connectivity index (χ0v) is 19.3. The molecule has 1 aliphatic heterocycles. The first-order valence-electron chi connectivity index (χ1n) is 11.3. The van der Waals surface area contributed by atoms with E-state index < -0.39 is 0 Å². The molecule has 0 spiro atoms. The van der Waals surface area contributed by atoms with Crippen molar-refractivity contribution >= 4 is 23.2 Å². The molecule has 0 bridgehead atoms. The molecule has 0 atom stereocenters. The number of amides is 1. The van der Waals surface area contributed by atoms with E-state index in [1.54, 1.807) is 11.3 Å². The normalized spacial score (nSPS) is 14.1. The van der Waals surface area contributed by atoms with Gasteiger partial charge in [0.1, 0.15) is 12.4 Å². The van der Waals surface area contributed by atoms with Gasteiger partial charge in [-0.2, -0.15) is 0 Å². The summed E-state index contributed by atoms with van der Waals surface area (Å²) in [7, 11) is 0. The number of nitrogens with zero attached hydrogens (tertiary/aromatic N) is 2. The Morgan fingerprint density at radius 1 is 1.00 bits per heavy atom. The van der Waals surface area contributed by atoms with Gasteiger partial charge < -0.3 is 14.4 Å². The third-order valence-corrected chi connectivity index (χ3v) is 6.57. The Morgan fingerprint density at radius 3 is 2.42 bits per heavy atom. The second-order valence-corrected chi connectivity index (χ2v) is 9.01. The highest BCUT2D eigenvalue weighted by atomic mass is 32.1. The lowest BCUT2D eigenvalue weighted by Crippen LogP contribution is -2.41. The fraction of sp³-hybridized carbons (Fsp3) is 0.346. The van der Waals surface area contributed by atoms with Crippen molar-refractivity contribution < 1.29 is 19.1 Å². The lowest BCUT2D eigenvalue weighted by atomic mass is 9.97. The van der Waals surface area contributed by atoms with E-state index in [1.807, 2.05) is 58.8 Å². The number of para-hydroxylation sites is 1. The van der Waals surface area contributed by atoms with Crippen molar-refractivity contribution in [2.45, 2.75) is 32.3 Å². The zero-order valence-electron chi connectivity index (χ0n) is 18.5. The maximum Gasteiger partial charge on any atom is 0.309 e. The number of esters is 1. The molecule has 172 valence electrons. The Morgan fingerprint density at radius 2 is 1.70 bits per heavy atom. The minimum Gasteiger partial charge on any atom is -0.493 e. The van der Waals surface area contributed by atoms with E-state index >= 15 is 0 Å². The molecule has 2 heterocycles. The lowest BCUT2D eigenvalue weighted by Gasteiger charge is -2.31. The van der Waals surface area contributed by atoms with Gasteiger partial charge in [-0.15, -0.1) is 11.3 Å². The van der Waals surface area contributed by atoms with Gasteiger partial charge in [0.2, 0.25) is 5.91 Å². The summed E-state index contributed by atoms with van der Waals surface area (Å²) in [5.74, 6) is 0.453. The predicted molar refractivity (Wildman–Crippen MR) is 127 cm³/mol. The van der Waals surface area contributed by atoms with Crippen LogP contribution in [0.15, 0.2) is 66.0 Å². The van der Waals surface area contributed by atoms with Gasteiger partial charge >= 0.3 is 5.97 Å². The summed E-state index contributed by atoms with van der Waals surface area (Å²) < 4.78 is 11.1. The maximum atomic E-state index is 12.5. The van der Waals surface area contributed by atoms with Crippen molar-refractivity contribution in [1.82, 2.24) is 9.88 Å². The van der Waals surface area contributed by atoms with Gasteiger partial charge in [0.05, 0.1) is 29.6 Å². The van der Waals surface area contributed by atoms with E-state index in [9.17, 15) is 9.59 Å². The molecule has 0 unspecified atom stereocenters. The number of carbonyl (C=O) groups is 2. The summed E-state index contributed by atoms with van der Waals surface area (Å²) in [6.45, 7) is 1.69. The topological polar surface area (TPSA) is 68.7 Å². The molecule has 0 aliphatic carbocycles. The largest absolute Gasteiger partial charge is 0.493 e. The van der Waals surface area contributed by atoms with E-state index in [4.69, 9.17) is 9.47 Å². The Hall–Kier alpha value is -3.19. The van der Waals surface area contributed by atoms with Crippen LogP contribution in [0.2, 0.25) is 0 Å². The SMILES string of the molecule is O=C(OCc1csc(Cc2ccccc2)n1)C1CCN(C(=O)CCOc2ccccc2)CC1. The summed E-state index contributed by atoms with van der Waals surface area (Å²) in [4.78, 5) is 31.3. The predicted octanol–water partition coefficient (Wildman–Crippen LogP) is 4.48. The average Bonchev–Trinajstić information content (AvgIpc) is 3.31. The average molecular weight is 465 g/mol. The number of hydrogen-bond donors (Lipinski definition) is 0. The van der Waals surface area contributed by atoms with Crippen LogP contribution in [0, 0.1) is 5.92 Å². The van der Waals surface area contributed by atoms with Crippen LogP contribution in [0.1, 0.15) is 35.5 Å². The van der Waals surface area contributed by atoms with E-state index in [1.165, 1.54) is 5.56 Å². The molecule has 1 amide bonds. The number of ether oxygens (including phenoxy) is 2. The molecule has 4 rings (SSSR count). The summed E-state index contributed by atoms with van der Waals surface area (Å²) in [5.41, 5.74) is 1.99. The molecule has 0 saturated carbocycles. The first-order valence-corrected chi connectivity index (χ1v) is 12.1. The molecule has 1 aliphatic rings. The van der Waals surface area contributed by atoms with Crippen LogP contribution >= 0.6 is 11.3 Å². The quantitative estimate of drug-likeness (QED) is 0.437. The van der Waals surface area contributed by atoms with Crippen molar-refractivity contribution in [3.63, 3.8) is 0 Å². The minimum atomic E-state index is -0.202. The molecular formula is C26H28N2O4S. The maximum absolute atomic E-state index is 12.5. The molecule has 7 heteroatoms. The first kappa shape index (κ1) is 23.0. The van der Waals surface area contributed by atoms with Gasteiger partial charge in [-0.3, -0.25) is 9.59 Å². The molecule has 0 N–H and O–H groups in total. The monoisotopic (exact) mass is 464 g/mol. The number of rotatable bonds is 9. The second kappa shape index (κ2) is 11.6. The number of benzene rings is 2. The molecule has 0 radical (unpaired) electrons. The van der Waals surface area contributed by atoms with Gasteiger partial charge in [0.25, 0.3) is 0 Å². The highest BCUT2D eigenvalue weighted by Gasteiger charge is 2.28. The van der Waals surface area contributed by atoms with Crippen LogP contribution in [0.4, 0.5) is 0 Å². The lowest BCUT2D eigenvalue weighted by molar-refractivity contribution is -0.153. The Bertz CT molecular complexity index is 1030. The van der Waals surface area contributed by atoms with E-state index in [0.29, 0.717) is 39.0 Å². The van der Waals surface area contributed by atoms with Gasteiger partial charge in [-0.05, 0) is 30.5 Å². The third-order valence-electron chi connectivity index (χ3n) is 5.67. The van der Waals surface area contributed by atoms with Crippen molar-refractivity contribution in [2.24, 2.45) is 5.92 Å². The minimum absolute atomic E-state index is 0.0613. The molecule has 3 aromatic rings. The number of aromatic nitrogens is 1. The molecule has 2 aromatic carbocycles. The molecule has 6 nitrogen and oxygen atoms in total. The number of likely N-dealkylation sites (tertiary alicyclic amines) is 1. The molecule has 1 saturated heterocycles. The van der Waals surface area contributed by atoms with E-state index in [2.05, 4.69) is 17.1 Å². The zero-order chi connectivity index (χ0) is 22.9. The Labute approximate surface area is 198 Å². The van der Waals surface area contributed by atoms with Crippen molar-refractivity contribution in [3.05, 3.63) is 82.3 Å². The van der Waals surface area contributed by atoms with Gasteiger partial charge in [-0.25, -0.2) is 4.98 Å². The van der Waals surface area contributed by atoms with E-state index in [0.717, 1.165) is 22.9 Å². The molecule has 1 aromatic heterocycles. The fourth-order valence-corrected chi connectivity index (χ4v) is 4.64. The van der Waals surface area contributed by atoms with Crippen LogP contribution in [-0.4, -0.2) is 41.5 Å². The fourth-order valence-electron chi connectivity index (χ4n) is 3.83. The summed E-state index contributed by atoms with van der Waals surface area (Å²) in [5, 5.41) is 2.96. The third kappa shape index (κ3) is 6.89. The van der Waals surface area contributed by atoms with Crippen LogP contribution in [0.3, 0.4) is 0 Å². The Kier molecular flexibility index (Phi) is 8.09. The van der Waals surface area contributed by atoms with Gasteiger partial charge in [0.15, 0.2) is 0 Å². The Balaban J connectivity index is 1.15. The summed E-state index contributed by atoms with van der Waals surface area (Å²) >= 11 is 1.58. The van der Waals surface area contributed by atoms with Crippen LogP contribution in [0.25, 0.3) is 0 Å². The smallest absolute Gasteiger partial charge is 0.309 e. The van der Waals surface area contributed by atoms with Gasteiger partial charge in [0, 0.05) is 24.9 Å². The van der Waals surface area contributed by atoms with Crippen molar-refractivity contribution in [2.75, 3.05) is 19.7 Å². The molecule has 1 fully saturated rings. The molecular weight excluding hydrogens is 436 g/mol. The standard InChI is InChI=1S/C26H28N2O4S/c29-25(13-16-31-23-9-5-2-6-10-23)28-14-11-21(12-15-28)26(30)32-18-22-19-33-24(27-22)17-20-7-3-1-4-8-20/h1-10,19,21H,11-18H2. The molecule has 33 heavy (non-hydrogen) atoms.